The molecule has 0 bridgehead atoms. The summed E-state index contributed by atoms with van der Waals surface area (Å²) in [4.78, 5) is 52.9. The van der Waals surface area contributed by atoms with Gasteiger partial charge in [0.05, 0.1) is 12.1 Å². The maximum absolute atomic E-state index is 13.4. The second-order valence-corrected chi connectivity index (χ2v) is 11.3. The highest BCUT2D eigenvalue weighted by atomic mass is 16.2. The molecular weight excluding hydrogens is 396 g/mol. The molecule has 4 N–H and O–H groups in total. The molecule has 5 atom stereocenters. The van der Waals surface area contributed by atoms with Crippen molar-refractivity contribution in [3.05, 3.63) is 0 Å². The molecule has 3 amide bonds. The quantitative estimate of drug-likeness (QED) is 0.513. The van der Waals surface area contributed by atoms with Gasteiger partial charge in [-0.25, -0.2) is 0 Å². The number of ketones is 1. The first-order chi connectivity index (χ1) is 14.3. The number of hydrogen-bond acceptors (Lipinski definition) is 5. The minimum absolute atomic E-state index is 0.0306. The SMILES string of the molecule is CNC(=O)C(=O)C(CC1CCC1)NC(=O)[C@@H]1[C@@H]2[C@H](CN1C(=O)[C@H](N)C(C)(C)C)C2(C)C. The largest absolute Gasteiger partial charge is 0.353 e. The molecule has 3 fully saturated rings. The lowest BCUT2D eigenvalue weighted by atomic mass is 9.80. The third-order valence-electron chi connectivity index (χ3n) is 7.84. The molecular formula is C23H38N4O4. The number of nitrogens with zero attached hydrogens (tertiary/aromatic N) is 1. The Morgan fingerprint density at radius 2 is 1.77 bits per heavy atom. The van der Waals surface area contributed by atoms with Gasteiger partial charge < -0.3 is 21.3 Å². The zero-order valence-electron chi connectivity index (χ0n) is 19.7. The topological polar surface area (TPSA) is 122 Å². The van der Waals surface area contributed by atoms with Gasteiger partial charge in [0.15, 0.2) is 0 Å². The van der Waals surface area contributed by atoms with Crippen LogP contribution >= 0.6 is 0 Å². The van der Waals surface area contributed by atoms with Crippen molar-refractivity contribution < 1.29 is 19.2 Å². The van der Waals surface area contributed by atoms with E-state index in [0.29, 0.717) is 18.9 Å². The van der Waals surface area contributed by atoms with Gasteiger partial charge in [-0.1, -0.05) is 53.9 Å². The number of nitrogens with one attached hydrogen (secondary N) is 2. The van der Waals surface area contributed by atoms with E-state index < -0.39 is 35.2 Å². The highest BCUT2D eigenvalue weighted by Crippen LogP contribution is 2.65. The maximum Gasteiger partial charge on any atom is 0.289 e. The van der Waals surface area contributed by atoms with Crippen LogP contribution in [0.1, 0.15) is 60.3 Å². The second kappa shape index (κ2) is 8.19. The predicted octanol–water partition coefficient (Wildman–Crippen LogP) is 0.833. The first-order valence-electron chi connectivity index (χ1n) is 11.4. The minimum atomic E-state index is -0.869. The maximum atomic E-state index is 13.4. The zero-order chi connectivity index (χ0) is 23.3. The van der Waals surface area contributed by atoms with Gasteiger partial charge in [-0.05, 0) is 35.0 Å². The summed E-state index contributed by atoms with van der Waals surface area (Å²) in [6.07, 6.45) is 3.56. The van der Waals surface area contributed by atoms with E-state index >= 15 is 0 Å². The summed E-state index contributed by atoms with van der Waals surface area (Å²) in [7, 11) is 1.41. The number of carbonyl (C=O) groups excluding carboxylic acids is 4. The van der Waals surface area contributed by atoms with E-state index in [1.807, 2.05) is 20.8 Å². The van der Waals surface area contributed by atoms with Gasteiger partial charge in [0.1, 0.15) is 6.04 Å². The average Bonchev–Trinajstić information content (AvgIpc) is 3.02. The molecule has 1 aliphatic heterocycles. The number of piperidine rings is 1. The number of likely N-dealkylation sites (tertiary alicyclic amines) is 1. The van der Waals surface area contributed by atoms with Crippen molar-refractivity contribution in [3.8, 4) is 0 Å². The van der Waals surface area contributed by atoms with E-state index in [4.69, 9.17) is 5.73 Å². The number of hydrogen-bond donors (Lipinski definition) is 3. The standard InChI is InChI=1S/C23H38N4O4/c1-22(2,3)18(24)21(31)27-11-13-15(23(13,4)5)16(27)19(29)26-14(10-12-8-7-9-12)17(28)20(30)25-6/h12-16,18H,7-11,24H2,1-6H3,(H,25,30)(H,26,29)/t13-,14?,15-,16-,18-/m0/s1. The molecule has 2 aliphatic carbocycles. The molecule has 1 saturated heterocycles. The summed E-state index contributed by atoms with van der Waals surface area (Å²) in [6.45, 7) is 10.4. The van der Waals surface area contributed by atoms with Gasteiger partial charge in [0.25, 0.3) is 5.91 Å². The number of nitrogens with two attached hydrogens (primary N) is 1. The van der Waals surface area contributed by atoms with E-state index in [1.165, 1.54) is 7.05 Å². The predicted molar refractivity (Wildman–Crippen MR) is 117 cm³/mol. The van der Waals surface area contributed by atoms with Crippen LogP contribution in [0.25, 0.3) is 0 Å². The molecule has 0 spiro atoms. The Hall–Kier alpha value is -1.96. The summed E-state index contributed by atoms with van der Waals surface area (Å²) in [5, 5.41) is 5.21. The number of Topliss-reactive ketones (excluding diaryl/α,β-unsaturated/α-hetero) is 1. The van der Waals surface area contributed by atoms with Gasteiger partial charge in [-0.3, -0.25) is 19.2 Å². The van der Waals surface area contributed by atoms with Crippen LogP contribution in [0.4, 0.5) is 0 Å². The molecule has 2 saturated carbocycles. The van der Waals surface area contributed by atoms with Crippen LogP contribution in [-0.4, -0.2) is 60.1 Å². The summed E-state index contributed by atoms with van der Waals surface area (Å²) in [6, 6.07) is -2.25. The number of amides is 3. The molecule has 8 nitrogen and oxygen atoms in total. The van der Waals surface area contributed by atoms with E-state index in [0.717, 1.165) is 19.3 Å². The summed E-state index contributed by atoms with van der Waals surface area (Å²) >= 11 is 0. The van der Waals surface area contributed by atoms with Gasteiger partial charge in [-0.15, -0.1) is 0 Å². The number of likely N-dealkylation sites (N-methyl/N-ethyl adjacent to an activating group) is 1. The normalized spacial score (nSPS) is 28.7. The van der Waals surface area contributed by atoms with E-state index in [9.17, 15) is 19.2 Å². The summed E-state index contributed by atoms with van der Waals surface area (Å²) in [5.41, 5.74) is 5.76. The number of fused-ring (bicyclic) bond motifs is 1. The molecule has 3 aliphatic rings. The smallest absolute Gasteiger partial charge is 0.289 e. The molecule has 0 aromatic heterocycles. The average molecular weight is 435 g/mol. The van der Waals surface area contributed by atoms with Crippen LogP contribution in [0.3, 0.4) is 0 Å². The molecule has 3 rings (SSSR count). The van der Waals surface area contributed by atoms with Gasteiger partial charge in [0.2, 0.25) is 17.6 Å². The highest BCUT2D eigenvalue weighted by Gasteiger charge is 2.69. The second-order valence-electron chi connectivity index (χ2n) is 11.3. The zero-order valence-corrected chi connectivity index (χ0v) is 19.7. The van der Waals surface area contributed by atoms with Crippen molar-refractivity contribution in [1.82, 2.24) is 15.5 Å². The van der Waals surface area contributed by atoms with E-state index in [1.54, 1.807) is 4.90 Å². The molecule has 8 heteroatoms. The first kappa shape index (κ1) is 23.7. The molecule has 31 heavy (non-hydrogen) atoms. The molecule has 1 heterocycles. The van der Waals surface area contributed by atoms with Crippen molar-refractivity contribution >= 4 is 23.5 Å². The van der Waals surface area contributed by atoms with Crippen molar-refractivity contribution in [2.75, 3.05) is 13.6 Å². The molecule has 0 aromatic rings. The van der Waals surface area contributed by atoms with Crippen LogP contribution in [-0.2, 0) is 19.2 Å². The fourth-order valence-corrected chi connectivity index (χ4v) is 5.19. The lowest BCUT2D eigenvalue weighted by Gasteiger charge is -2.36. The van der Waals surface area contributed by atoms with Gasteiger partial charge >= 0.3 is 0 Å². The fourth-order valence-electron chi connectivity index (χ4n) is 5.19. The third-order valence-corrected chi connectivity index (χ3v) is 7.84. The Morgan fingerprint density at radius 3 is 2.26 bits per heavy atom. The van der Waals surface area contributed by atoms with E-state index in [2.05, 4.69) is 24.5 Å². The molecule has 0 radical (unpaired) electrons. The number of carbonyl (C=O) groups is 4. The number of rotatable bonds is 7. The van der Waals surface area contributed by atoms with Crippen molar-refractivity contribution in [2.45, 2.75) is 78.4 Å². The van der Waals surface area contributed by atoms with Crippen LogP contribution < -0.4 is 16.4 Å². The Balaban J connectivity index is 1.80. The monoisotopic (exact) mass is 434 g/mol. The molecule has 174 valence electrons. The van der Waals surface area contributed by atoms with Crippen molar-refractivity contribution in [2.24, 2.45) is 34.3 Å². The minimum Gasteiger partial charge on any atom is -0.353 e. The fraction of sp³-hybridized carbons (Fsp3) is 0.826. The summed E-state index contributed by atoms with van der Waals surface area (Å²) in [5.74, 6) is -1.32. The Morgan fingerprint density at radius 1 is 1.16 bits per heavy atom. The van der Waals surface area contributed by atoms with Gasteiger partial charge in [-0.2, -0.15) is 0 Å². The highest BCUT2D eigenvalue weighted by molar-refractivity contribution is 6.38. The lowest BCUT2D eigenvalue weighted by molar-refractivity contribution is -0.145. The third kappa shape index (κ3) is 4.36. The Kier molecular flexibility index (Phi) is 6.26. The van der Waals surface area contributed by atoms with Crippen LogP contribution in [0, 0.1) is 28.6 Å². The summed E-state index contributed by atoms with van der Waals surface area (Å²) < 4.78 is 0. The van der Waals surface area contributed by atoms with Crippen molar-refractivity contribution in [3.63, 3.8) is 0 Å². The van der Waals surface area contributed by atoms with Gasteiger partial charge in [0, 0.05) is 13.6 Å². The molecule has 0 aromatic carbocycles. The Labute approximate surface area is 185 Å². The van der Waals surface area contributed by atoms with E-state index in [-0.39, 0.29) is 29.1 Å². The van der Waals surface area contributed by atoms with Crippen LogP contribution in [0.5, 0.6) is 0 Å². The first-order valence-corrected chi connectivity index (χ1v) is 11.4. The molecule has 1 unspecified atom stereocenters. The lowest BCUT2D eigenvalue weighted by Crippen LogP contribution is -2.59. The van der Waals surface area contributed by atoms with Crippen LogP contribution in [0.2, 0.25) is 0 Å². The van der Waals surface area contributed by atoms with Crippen molar-refractivity contribution in [1.29, 1.82) is 0 Å². The van der Waals surface area contributed by atoms with Crippen LogP contribution in [0.15, 0.2) is 0 Å². The Bertz CT molecular complexity index is 768.